The fourth-order valence-electron chi connectivity index (χ4n) is 3.47. The average molecular weight is 586 g/mol. The SMILES string of the molecule is Cc1ccc(/C=C(\NC(=O)c2ccccc2)C(=O)Nc2ccc(SCC(=O)c3ccc(Br)cc3)cc2)cc1. The van der Waals surface area contributed by atoms with Crippen molar-refractivity contribution in [2.24, 2.45) is 0 Å². The van der Waals surface area contributed by atoms with E-state index in [-0.39, 0.29) is 17.4 Å². The van der Waals surface area contributed by atoms with Gasteiger partial charge in [0, 0.05) is 26.2 Å². The third-order valence-electron chi connectivity index (χ3n) is 5.57. The van der Waals surface area contributed by atoms with Crippen molar-refractivity contribution in [1.29, 1.82) is 0 Å². The second-order valence-corrected chi connectivity index (χ2v) is 10.5. The van der Waals surface area contributed by atoms with E-state index in [2.05, 4.69) is 26.6 Å². The monoisotopic (exact) mass is 584 g/mol. The molecule has 5 nitrogen and oxygen atoms in total. The molecule has 0 heterocycles. The summed E-state index contributed by atoms with van der Waals surface area (Å²) in [6, 6.07) is 30.9. The minimum Gasteiger partial charge on any atom is -0.321 e. The second-order valence-electron chi connectivity index (χ2n) is 8.49. The molecule has 38 heavy (non-hydrogen) atoms. The van der Waals surface area contributed by atoms with Crippen LogP contribution in [0.1, 0.15) is 31.8 Å². The lowest BCUT2D eigenvalue weighted by molar-refractivity contribution is -0.113. The zero-order valence-corrected chi connectivity index (χ0v) is 23.0. The van der Waals surface area contributed by atoms with E-state index in [9.17, 15) is 14.4 Å². The molecule has 7 heteroatoms. The molecule has 4 aromatic carbocycles. The number of anilines is 1. The predicted octanol–water partition coefficient (Wildman–Crippen LogP) is 7.14. The highest BCUT2D eigenvalue weighted by molar-refractivity contribution is 9.10. The Kier molecular flexibility index (Phi) is 9.30. The Morgan fingerprint density at radius 1 is 0.789 bits per heavy atom. The van der Waals surface area contributed by atoms with Gasteiger partial charge in [0.05, 0.1) is 5.75 Å². The summed E-state index contributed by atoms with van der Waals surface area (Å²) >= 11 is 4.80. The van der Waals surface area contributed by atoms with Gasteiger partial charge in [0.2, 0.25) is 0 Å². The van der Waals surface area contributed by atoms with Gasteiger partial charge in [0.15, 0.2) is 5.78 Å². The summed E-state index contributed by atoms with van der Waals surface area (Å²) in [5, 5.41) is 5.60. The molecule has 0 saturated carbocycles. The number of carbonyl (C=O) groups is 3. The van der Waals surface area contributed by atoms with Crippen LogP contribution in [0.25, 0.3) is 6.08 Å². The number of nitrogens with one attached hydrogen (secondary N) is 2. The largest absolute Gasteiger partial charge is 0.321 e. The van der Waals surface area contributed by atoms with Gasteiger partial charge in [-0.3, -0.25) is 14.4 Å². The molecule has 2 amide bonds. The molecule has 4 rings (SSSR count). The molecule has 0 radical (unpaired) electrons. The smallest absolute Gasteiger partial charge is 0.272 e. The first-order valence-corrected chi connectivity index (χ1v) is 13.6. The molecule has 0 spiro atoms. The molecule has 0 atom stereocenters. The van der Waals surface area contributed by atoms with Crippen molar-refractivity contribution >= 4 is 57.1 Å². The van der Waals surface area contributed by atoms with Crippen molar-refractivity contribution in [3.63, 3.8) is 0 Å². The van der Waals surface area contributed by atoms with Gasteiger partial charge in [0.25, 0.3) is 11.8 Å². The number of amides is 2. The Labute approximate surface area is 234 Å². The standard InChI is InChI=1S/C31H25BrN2O3S/c1-21-7-9-22(10-8-21)19-28(34-30(36)24-5-3-2-4-6-24)31(37)33-26-15-17-27(18-16-26)38-20-29(35)23-11-13-25(32)14-12-23/h2-19H,20H2,1H3,(H,33,37)(H,34,36)/b28-19-. The Hall–Kier alpha value is -3.94. The number of hydrogen-bond donors (Lipinski definition) is 2. The Bertz CT molecular complexity index is 1450. The molecule has 0 unspecified atom stereocenters. The van der Waals surface area contributed by atoms with E-state index < -0.39 is 5.91 Å². The van der Waals surface area contributed by atoms with Crippen molar-refractivity contribution in [3.8, 4) is 0 Å². The number of rotatable bonds is 9. The van der Waals surface area contributed by atoms with Crippen molar-refractivity contribution in [2.45, 2.75) is 11.8 Å². The van der Waals surface area contributed by atoms with Gasteiger partial charge in [-0.2, -0.15) is 0 Å². The number of hydrogen-bond acceptors (Lipinski definition) is 4. The molecule has 0 saturated heterocycles. The summed E-state index contributed by atoms with van der Waals surface area (Å²) in [6.45, 7) is 1.98. The molecule has 0 fully saturated rings. The number of halogens is 1. The lowest BCUT2D eigenvalue weighted by Crippen LogP contribution is -2.30. The Morgan fingerprint density at radius 3 is 2.11 bits per heavy atom. The molecule has 0 aliphatic heterocycles. The summed E-state index contributed by atoms with van der Waals surface area (Å²) in [7, 11) is 0. The maximum atomic E-state index is 13.2. The number of benzene rings is 4. The van der Waals surface area contributed by atoms with E-state index in [1.807, 2.05) is 61.5 Å². The van der Waals surface area contributed by atoms with Gasteiger partial charge in [0.1, 0.15) is 5.70 Å². The summed E-state index contributed by atoms with van der Waals surface area (Å²) < 4.78 is 0.927. The van der Waals surface area contributed by atoms with Crippen LogP contribution in [0.4, 0.5) is 5.69 Å². The maximum absolute atomic E-state index is 13.2. The summed E-state index contributed by atoms with van der Waals surface area (Å²) in [5.74, 6) is -0.468. The number of Topliss-reactive ketones (excluding diaryl/α,β-unsaturated/α-hetero) is 1. The van der Waals surface area contributed by atoms with Gasteiger partial charge in [-0.1, -0.05) is 76.1 Å². The molecule has 190 valence electrons. The minimum absolute atomic E-state index is 0.0416. The van der Waals surface area contributed by atoms with Crippen LogP contribution in [-0.2, 0) is 4.79 Å². The molecule has 0 aromatic heterocycles. The van der Waals surface area contributed by atoms with Gasteiger partial charge < -0.3 is 10.6 Å². The number of carbonyl (C=O) groups excluding carboxylic acids is 3. The maximum Gasteiger partial charge on any atom is 0.272 e. The zero-order valence-electron chi connectivity index (χ0n) is 20.6. The van der Waals surface area contributed by atoms with Crippen LogP contribution in [0.3, 0.4) is 0 Å². The number of ketones is 1. The van der Waals surface area contributed by atoms with E-state index in [0.717, 1.165) is 20.5 Å². The first kappa shape index (κ1) is 27.1. The topological polar surface area (TPSA) is 75.3 Å². The average Bonchev–Trinajstić information content (AvgIpc) is 2.94. The molecule has 2 N–H and O–H groups in total. The fourth-order valence-corrected chi connectivity index (χ4v) is 4.53. The lowest BCUT2D eigenvalue weighted by Gasteiger charge is -2.12. The van der Waals surface area contributed by atoms with Crippen molar-refractivity contribution in [2.75, 3.05) is 11.1 Å². The van der Waals surface area contributed by atoms with Crippen LogP contribution in [0.15, 0.2) is 118 Å². The number of aryl methyl sites for hydroxylation is 1. The number of thioether (sulfide) groups is 1. The molecule has 0 aliphatic rings. The zero-order chi connectivity index (χ0) is 26.9. The van der Waals surface area contributed by atoms with E-state index in [1.54, 1.807) is 54.6 Å². The molecular formula is C31H25BrN2O3S. The van der Waals surface area contributed by atoms with Crippen LogP contribution < -0.4 is 10.6 Å². The van der Waals surface area contributed by atoms with Crippen LogP contribution in [-0.4, -0.2) is 23.4 Å². The van der Waals surface area contributed by atoms with Gasteiger partial charge in [-0.05, 0) is 67.1 Å². The first-order chi connectivity index (χ1) is 18.4. The molecule has 0 bridgehead atoms. The quantitative estimate of drug-likeness (QED) is 0.124. The van der Waals surface area contributed by atoms with Crippen LogP contribution in [0.5, 0.6) is 0 Å². The van der Waals surface area contributed by atoms with E-state index in [0.29, 0.717) is 22.6 Å². The van der Waals surface area contributed by atoms with Crippen LogP contribution >= 0.6 is 27.7 Å². The minimum atomic E-state index is -0.444. The van der Waals surface area contributed by atoms with Crippen LogP contribution in [0, 0.1) is 6.92 Å². The van der Waals surface area contributed by atoms with Crippen molar-refractivity contribution in [3.05, 3.63) is 136 Å². The van der Waals surface area contributed by atoms with E-state index in [4.69, 9.17) is 0 Å². The van der Waals surface area contributed by atoms with Gasteiger partial charge >= 0.3 is 0 Å². The van der Waals surface area contributed by atoms with E-state index >= 15 is 0 Å². The predicted molar refractivity (Wildman–Crippen MR) is 157 cm³/mol. The second kappa shape index (κ2) is 13.0. The molecular weight excluding hydrogens is 560 g/mol. The van der Waals surface area contributed by atoms with Crippen molar-refractivity contribution < 1.29 is 14.4 Å². The normalized spacial score (nSPS) is 11.1. The molecule has 4 aromatic rings. The lowest BCUT2D eigenvalue weighted by atomic mass is 10.1. The van der Waals surface area contributed by atoms with Crippen LogP contribution in [0.2, 0.25) is 0 Å². The molecule has 0 aliphatic carbocycles. The first-order valence-electron chi connectivity index (χ1n) is 11.8. The van der Waals surface area contributed by atoms with Gasteiger partial charge in [-0.15, -0.1) is 11.8 Å². The Morgan fingerprint density at radius 2 is 1.45 bits per heavy atom. The fraction of sp³-hybridized carbons (Fsp3) is 0.0645. The third kappa shape index (κ3) is 7.78. The van der Waals surface area contributed by atoms with E-state index in [1.165, 1.54) is 11.8 Å². The summed E-state index contributed by atoms with van der Waals surface area (Å²) in [4.78, 5) is 39.3. The third-order valence-corrected chi connectivity index (χ3v) is 7.11. The summed E-state index contributed by atoms with van der Waals surface area (Å²) in [5.41, 5.74) is 3.70. The summed E-state index contributed by atoms with van der Waals surface area (Å²) in [6.07, 6.45) is 1.65. The van der Waals surface area contributed by atoms with Crippen molar-refractivity contribution in [1.82, 2.24) is 5.32 Å². The highest BCUT2D eigenvalue weighted by atomic mass is 79.9. The van der Waals surface area contributed by atoms with Gasteiger partial charge in [-0.25, -0.2) is 0 Å². The Balaban J connectivity index is 1.43. The highest BCUT2D eigenvalue weighted by Gasteiger charge is 2.15. The highest BCUT2D eigenvalue weighted by Crippen LogP contribution is 2.22.